The maximum Gasteiger partial charge on any atom is 0.306 e. The summed E-state index contributed by atoms with van der Waals surface area (Å²) >= 11 is 0. The normalized spacial score (nSPS) is 20.6. The number of unbranched alkanes of at least 4 members (excludes halogenated alkanes) is 1. The van der Waals surface area contributed by atoms with E-state index < -0.39 is 25.0 Å². The second-order valence-corrected chi connectivity index (χ2v) is 30.3. The van der Waals surface area contributed by atoms with Crippen molar-refractivity contribution in [3.05, 3.63) is 48.0 Å². The maximum absolute atomic E-state index is 12.1. The maximum atomic E-state index is 12.1. The van der Waals surface area contributed by atoms with Crippen LogP contribution in [0, 0.1) is 11.8 Å². The minimum absolute atomic E-state index is 0.0533. The Morgan fingerprint density at radius 2 is 1.23 bits per heavy atom. The van der Waals surface area contributed by atoms with Crippen molar-refractivity contribution in [1.82, 2.24) is 0 Å². The molecule has 2 rings (SSSR count). The lowest BCUT2D eigenvalue weighted by Crippen LogP contribution is -2.42. The number of aryl methyl sites for hydroxylation is 1. The van der Waals surface area contributed by atoms with Gasteiger partial charge in [0.25, 0.3) is 0 Å². The van der Waals surface area contributed by atoms with Crippen LogP contribution in [0.3, 0.4) is 0 Å². The van der Waals surface area contributed by atoms with Crippen LogP contribution in [0.5, 0.6) is 0 Å². The van der Waals surface area contributed by atoms with Gasteiger partial charge in [-0.05, 0) is 137 Å². The summed E-state index contributed by atoms with van der Waals surface area (Å²) < 4.78 is 27.7. The molecule has 1 fully saturated rings. The van der Waals surface area contributed by atoms with Gasteiger partial charge < -0.3 is 18.0 Å². The van der Waals surface area contributed by atoms with Gasteiger partial charge in [-0.2, -0.15) is 0 Å². The molecule has 0 heterocycles. The van der Waals surface area contributed by atoms with Crippen LogP contribution in [0.15, 0.2) is 42.5 Å². The van der Waals surface area contributed by atoms with E-state index in [1.54, 1.807) is 0 Å². The number of esters is 1. The molecule has 8 heteroatoms. The van der Waals surface area contributed by atoms with E-state index in [-0.39, 0.29) is 30.4 Å². The average Bonchev–Trinajstić information content (AvgIpc) is 3.48. The van der Waals surface area contributed by atoms with E-state index in [0.29, 0.717) is 18.3 Å². The highest BCUT2D eigenvalue weighted by molar-refractivity contribution is 6.74. The van der Waals surface area contributed by atoms with Gasteiger partial charge in [-0.15, -0.1) is 0 Å². The van der Waals surface area contributed by atoms with Crippen molar-refractivity contribution >= 4 is 30.9 Å². The summed E-state index contributed by atoms with van der Waals surface area (Å²) in [6.07, 6.45) is 14.0. The molecule has 52 heavy (non-hydrogen) atoms. The number of rotatable bonds is 28. The molecule has 0 aromatic heterocycles. The predicted molar refractivity (Wildman–Crippen MR) is 231 cm³/mol. The molecule has 5 nitrogen and oxygen atoms in total. The fourth-order valence-corrected chi connectivity index (χ4v) is 17.6. The first-order valence-corrected chi connectivity index (χ1v) is 29.5. The molecule has 0 spiro atoms. The number of hydrogen-bond donors (Lipinski definition) is 0. The number of carbonyl (C=O) groups is 1. The van der Waals surface area contributed by atoms with Crippen molar-refractivity contribution in [2.45, 2.75) is 213 Å². The van der Waals surface area contributed by atoms with Gasteiger partial charge in [-0.25, -0.2) is 0 Å². The van der Waals surface area contributed by atoms with Crippen LogP contribution in [-0.4, -0.2) is 55.3 Å². The lowest BCUT2D eigenvalue weighted by Gasteiger charge is -2.37. The summed E-state index contributed by atoms with van der Waals surface area (Å²) in [6, 6.07) is 21.6. The zero-order valence-corrected chi connectivity index (χ0v) is 38.8. The molecule has 0 N–H and O–H groups in total. The van der Waals surface area contributed by atoms with Crippen LogP contribution in [0.2, 0.25) is 54.4 Å². The van der Waals surface area contributed by atoms with Crippen LogP contribution in [0.4, 0.5) is 0 Å². The van der Waals surface area contributed by atoms with Gasteiger partial charge in [-0.1, -0.05) is 105 Å². The quantitative estimate of drug-likeness (QED) is 0.0367. The zero-order chi connectivity index (χ0) is 38.6. The van der Waals surface area contributed by atoms with E-state index >= 15 is 0 Å². The Hall–Kier alpha value is -1.04. The van der Waals surface area contributed by atoms with Crippen molar-refractivity contribution in [3.8, 4) is 0 Å². The third-order valence-electron chi connectivity index (χ3n) is 13.1. The topological polar surface area (TPSA) is 54.0 Å². The molecule has 0 aliphatic heterocycles. The van der Waals surface area contributed by atoms with Gasteiger partial charge >= 0.3 is 5.97 Å². The first-order chi connectivity index (χ1) is 25.0. The van der Waals surface area contributed by atoms with Crippen LogP contribution >= 0.6 is 0 Å². The largest absolute Gasteiger partial charge is 0.463 e. The number of hydrogen-bond acceptors (Lipinski definition) is 5. The molecule has 0 saturated heterocycles. The molecule has 1 saturated carbocycles. The van der Waals surface area contributed by atoms with E-state index in [1.165, 1.54) is 60.0 Å². The molecule has 5 atom stereocenters. The minimum Gasteiger partial charge on any atom is -0.463 e. The molecule has 5 unspecified atom stereocenters. The highest BCUT2D eigenvalue weighted by Gasteiger charge is 2.49. The van der Waals surface area contributed by atoms with Crippen molar-refractivity contribution in [2.75, 3.05) is 0 Å². The van der Waals surface area contributed by atoms with Crippen LogP contribution in [0.1, 0.15) is 133 Å². The fraction of sp³-hybridized carbons (Fsp3) is 0.795. The Bertz CT molecular complexity index is 1090. The van der Waals surface area contributed by atoms with Crippen molar-refractivity contribution < 1.29 is 22.8 Å². The van der Waals surface area contributed by atoms with E-state index in [0.717, 1.165) is 51.4 Å². The molecule has 1 aromatic rings. The summed E-state index contributed by atoms with van der Waals surface area (Å²) in [7, 11) is -5.46. The predicted octanol–water partition coefficient (Wildman–Crippen LogP) is 13.3. The molecular formula is C44H82O5Si3. The third-order valence-corrected chi connectivity index (χ3v) is 27.1. The van der Waals surface area contributed by atoms with Crippen LogP contribution < -0.4 is 0 Å². The summed E-state index contributed by atoms with van der Waals surface area (Å²) in [4.78, 5) is 12.1. The number of allylic oxidation sites excluding steroid dienone is 2. The monoisotopic (exact) mass is 775 g/mol. The van der Waals surface area contributed by atoms with Crippen molar-refractivity contribution in [3.63, 3.8) is 0 Å². The Balaban J connectivity index is 2.46. The Kier molecular flexibility index (Phi) is 22.2. The second-order valence-electron chi connectivity index (χ2n) is 16.1. The Labute approximate surface area is 325 Å². The standard InChI is InChI=1S/C44H82O5Si3/c1-12-50(13-2,14-3)47-39(33-32-38-28-24-23-25-29-38)34-35-41-40(30-26-21-22-27-31-44(45)46-37(10)11)42(48-51(15-4,16-5)17-6)36-43(41)49-52(18-7,19-8)20-9/h21,23-26,28-29,37,39-43H,12-20,22,27,30-36H2,1-11H3. The number of benzene rings is 1. The minimum atomic E-state index is -1.84. The van der Waals surface area contributed by atoms with Crippen LogP contribution in [-0.2, 0) is 29.2 Å². The van der Waals surface area contributed by atoms with Crippen molar-refractivity contribution in [1.29, 1.82) is 0 Å². The SMILES string of the molecule is CC[Si](CC)(CC)OC(CCc1ccccc1)CCC1C(O[Si](CC)(CC)CC)CC(O[Si](CC)(CC)CC)C1CC=CCCCC(=O)OC(C)C. The molecule has 0 radical (unpaired) electrons. The molecule has 1 aromatic carbocycles. The van der Waals surface area contributed by atoms with Crippen LogP contribution in [0.25, 0.3) is 0 Å². The van der Waals surface area contributed by atoms with Gasteiger partial charge in [0.1, 0.15) is 0 Å². The lowest BCUT2D eigenvalue weighted by molar-refractivity contribution is -0.147. The molecule has 1 aliphatic rings. The molecule has 300 valence electrons. The highest BCUT2D eigenvalue weighted by atomic mass is 28.4. The summed E-state index contributed by atoms with van der Waals surface area (Å²) in [6.45, 7) is 25.1. The first-order valence-electron chi connectivity index (χ1n) is 21.9. The smallest absolute Gasteiger partial charge is 0.306 e. The first kappa shape index (κ1) is 47.1. The molecule has 1 aliphatic carbocycles. The molecular weight excluding hydrogens is 693 g/mol. The summed E-state index contributed by atoms with van der Waals surface area (Å²) in [5, 5.41) is 0. The van der Waals surface area contributed by atoms with Gasteiger partial charge in [0, 0.05) is 12.5 Å². The van der Waals surface area contributed by atoms with E-state index in [2.05, 4.69) is 105 Å². The second kappa shape index (κ2) is 24.5. The van der Waals surface area contributed by atoms with Gasteiger partial charge in [0.15, 0.2) is 25.0 Å². The molecule has 0 bridgehead atoms. The summed E-state index contributed by atoms with van der Waals surface area (Å²) in [5.41, 5.74) is 1.41. The fourth-order valence-electron chi connectivity index (χ4n) is 8.79. The summed E-state index contributed by atoms with van der Waals surface area (Å²) in [5.74, 6) is 0.794. The Morgan fingerprint density at radius 1 is 0.712 bits per heavy atom. The molecule has 0 amide bonds. The Morgan fingerprint density at radius 3 is 1.73 bits per heavy atom. The lowest BCUT2D eigenvalue weighted by atomic mass is 9.85. The van der Waals surface area contributed by atoms with E-state index in [9.17, 15) is 4.79 Å². The van der Waals surface area contributed by atoms with Gasteiger partial charge in [0.2, 0.25) is 0 Å². The third kappa shape index (κ3) is 14.6. The van der Waals surface area contributed by atoms with Gasteiger partial charge in [-0.3, -0.25) is 4.79 Å². The number of carbonyl (C=O) groups excluding carboxylic acids is 1. The number of ether oxygens (including phenoxy) is 1. The van der Waals surface area contributed by atoms with Crippen molar-refractivity contribution in [2.24, 2.45) is 11.8 Å². The average molecular weight is 775 g/mol. The zero-order valence-electron chi connectivity index (χ0n) is 35.8. The van der Waals surface area contributed by atoms with E-state index in [1.807, 2.05) is 13.8 Å². The van der Waals surface area contributed by atoms with E-state index in [4.69, 9.17) is 18.0 Å². The highest BCUT2D eigenvalue weighted by Crippen LogP contribution is 2.46. The van der Waals surface area contributed by atoms with Gasteiger partial charge in [0.05, 0.1) is 18.3 Å².